The third-order valence-electron chi connectivity index (χ3n) is 3.91. The number of carbonyl (C=O) groups excluding carboxylic acids is 1. The number of rotatable bonds is 4. The molecule has 2 aromatic heterocycles. The van der Waals surface area contributed by atoms with Crippen molar-refractivity contribution in [3.63, 3.8) is 0 Å². The number of nitrogens with zero attached hydrogens (tertiary/aromatic N) is 2. The summed E-state index contributed by atoms with van der Waals surface area (Å²) in [7, 11) is 0. The summed E-state index contributed by atoms with van der Waals surface area (Å²) in [5.41, 5.74) is 3.02. The minimum absolute atomic E-state index is 0.0423. The van der Waals surface area contributed by atoms with Crippen molar-refractivity contribution in [1.29, 1.82) is 0 Å². The molecule has 0 saturated heterocycles. The number of nitrogens with one attached hydrogen (secondary N) is 1. The molecule has 0 unspecified atom stereocenters. The van der Waals surface area contributed by atoms with Gasteiger partial charge in [0, 0.05) is 30.1 Å². The van der Waals surface area contributed by atoms with Gasteiger partial charge in [-0.1, -0.05) is 30.3 Å². The summed E-state index contributed by atoms with van der Waals surface area (Å²) in [4.78, 5) is 20.4. The van der Waals surface area contributed by atoms with Crippen LogP contribution in [0.3, 0.4) is 0 Å². The molecule has 132 valence electrons. The zero-order chi connectivity index (χ0) is 18.6. The van der Waals surface area contributed by atoms with Crippen molar-refractivity contribution < 1.29 is 14.3 Å². The number of benzene rings is 2. The van der Waals surface area contributed by atoms with Crippen LogP contribution in [0.2, 0.25) is 0 Å². The molecule has 1 amide bonds. The van der Waals surface area contributed by atoms with E-state index in [-0.39, 0.29) is 17.5 Å². The Hall–Kier alpha value is -3.93. The highest BCUT2D eigenvalue weighted by atomic mass is 16.3. The summed E-state index contributed by atoms with van der Waals surface area (Å²) in [5.74, 6) is -0.0457. The van der Waals surface area contributed by atoms with E-state index in [1.807, 2.05) is 30.3 Å². The highest BCUT2D eigenvalue weighted by Gasteiger charge is 2.13. The van der Waals surface area contributed by atoms with Crippen LogP contribution in [-0.2, 0) is 4.79 Å². The van der Waals surface area contributed by atoms with E-state index < -0.39 is 0 Å². The van der Waals surface area contributed by atoms with Gasteiger partial charge in [0.2, 0.25) is 11.8 Å². The Labute approximate surface area is 154 Å². The molecule has 6 nitrogen and oxygen atoms in total. The summed E-state index contributed by atoms with van der Waals surface area (Å²) in [6.07, 6.45) is 6.36. The lowest BCUT2D eigenvalue weighted by Crippen LogP contribution is -2.07. The van der Waals surface area contributed by atoms with Crippen molar-refractivity contribution in [3.8, 4) is 17.2 Å². The molecule has 0 aliphatic rings. The monoisotopic (exact) mass is 357 g/mol. The van der Waals surface area contributed by atoms with E-state index in [2.05, 4.69) is 15.3 Å². The average molecular weight is 357 g/mol. The number of hydrogen-bond donors (Lipinski definition) is 2. The molecule has 4 aromatic rings. The van der Waals surface area contributed by atoms with Crippen molar-refractivity contribution in [2.24, 2.45) is 0 Å². The maximum absolute atomic E-state index is 12.1. The van der Waals surface area contributed by atoms with E-state index in [9.17, 15) is 9.90 Å². The smallest absolute Gasteiger partial charge is 0.248 e. The maximum atomic E-state index is 12.1. The summed E-state index contributed by atoms with van der Waals surface area (Å²) in [5, 5.41) is 13.0. The lowest BCUT2D eigenvalue weighted by atomic mass is 10.1. The predicted octanol–water partition coefficient (Wildman–Crippen LogP) is 4.25. The normalized spacial score (nSPS) is 11.1. The fourth-order valence-electron chi connectivity index (χ4n) is 2.61. The fraction of sp³-hybridized carbons (Fsp3) is 0. The molecule has 0 saturated carbocycles. The van der Waals surface area contributed by atoms with Crippen LogP contribution in [0, 0.1) is 0 Å². The molecule has 0 fully saturated rings. The van der Waals surface area contributed by atoms with Gasteiger partial charge in [0.25, 0.3) is 0 Å². The molecule has 0 spiro atoms. The molecule has 0 bridgehead atoms. The van der Waals surface area contributed by atoms with Crippen LogP contribution in [0.25, 0.3) is 28.6 Å². The van der Waals surface area contributed by atoms with E-state index in [1.165, 1.54) is 12.1 Å². The molecule has 27 heavy (non-hydrogen) atoms. The molecule has 2 N–H and O–H groups in total. The van der Waals surface area contributed by atoms with E-state index in [0.717, 1.165) is 5.56 Å². The number of aromatic nitrogens is 2. The second kappa shape index (κ2) is 7.13. The van der Waals surface area contributed by atoms with Crippen LogP contribution < -0.4 is 5.32 Å². The number of anilines is 1. The largest absolute Gasteiger partial charge is 0.507 e. The first kappa shape index (κ1) is 16.5. The van der Waals surface area contributed by atoms with Gasteiger partial charge >= 0.3 is 0 Å². The first-order valence-electron chi connectivity index (χ1n) is 8.27. The number of amides is 1. The standard InChI is InChI=1S/C21H15N3O3/c25-18-12-15(23-20(26)9-6-14-4-2-1-3-5-14)7-8-16(18)21-24-17-13-22-11-10-19(17)27-21/h1-13,25H,(H,23,26). The molecule has 2 aromatic carbocycles. The number of pyridine rings is 1. The summed E-state index contributed by atoms with van der Waals surface area (Å²) >= 11 is 0. The van der Waals surface area contributed by atoms with Crippen LogP contribution in [-0.4, -0.2) is 21.0 Å². The lowest BCUT2D eigenvalue weighted by molar-refractivity contribution is -0.111. The van der Waals surface area contributed by atoms with Crippen molar-refractivity contribution in [3.05, 3.63) is 78.6 Å². The highest BCUT2D eigenvalue weighted by Crippen LogP contribution is 2.32. The van der Waals surface area contributed by atoms with Gasteiger partial charge in [-0.3, -0.25) is 9.78 Å². The van der Waals surface area contributed by atoms with Crippen LogP contribution in [0.15, 0.2) is 77.5 Å². The molecule has 0 radical (unpaired) electrons. The zero-order valence-electron chi connectivity index (χ0n) is 14.2. The number of oxazole rings is 1. The van der Waals surface area contributed by atoms with Gasteiger partial charge in [-0.2, -0.15) is 0 Å². The Bertz CT molecular complexity index is 1100. The first-order valence-corrected chi connectivity index (χ1v) is 8.27. The SMILES string of the molecule is O=C(C=Cc1ccccc1)Nc1ccc(-c2nc3cnccc3o2)c(O)c1. The molecule has 0 atom stereocenters. The van der Waals surface area contributed by atoms with Crippen LogP contribution in [0.1, 0.15) is 5.56 Å². The second-order valence-electron chi connectivity index (χ2n) is 5.83. The Balaban J connectivity index is 1.51. The molecular formula is C21H15N3O3. The Morgan fingerprint density at radius 2 is 1.96 bits per heavy atom. The maximum Gasteiger partial charge on any atom is 0.248 e. The van der Waals surface area contributed by atoms with Gasteiger partial charge in [0.15, 0.2) is 5.58 Å². The molecule has 6 heteroatoms. The molecule has 0 aliphatic heterocycles. The number of phenolic OH excluding ortho intramolecular Hbond substituents is 1. The van der Waals surface area contributed by atoms with Crippen molar-refractivity contribution in [1.82, 2.24) is 9.97 Å². The van der Waals surface area contributed by atoms with Gasteiger partial charge in [-0.15, -0.1) is 0 Å². The fourth-order valence-corrected chi connectivity index (χ4v) is 2.61. The molecular weight excluding hydrogens is 342 g/mol. The average Bonchev–Trinajstić information content (AvgIpc) is 3.11. The van der Waals surface area contributed by atoms with E-state index in [0.29, 0.717) is 22.4 Å². The van der Waals surface area contributed by atoms with Crippen LogP contribution in [0.4, 0.5) is 5.69 Å². The number of phenols is 1. The second-order valence-corrected chi connectivity index (χ2v) is 5.83. The van der Waals surface area contributed by atoms with Crippen molar-refractivity contribution in [2.75, 3.05) is 5.32 Å². The number of aromatic hydroxyl groups is 1. The molecule has 0 aliphatic carbocycles. The van der Waals surface area contributed by atoms with E-state index >= 15 is 0 Å². The Kier molecular flexibility index (Phi) is 4.37. The number of fused-ring (bicyclic) bond motifs is 1. The topological polar surface area (TPSA) is 88.3 Å². The van der Waals surface area contributed by atoms with Crippen molar-refractivity contribution >= 4 is 28.8 Å². The lowest BCUT2D eigenvalue weighted by Gasteiger charge is -2.05. The van der Waals surface area contributed by atoms with Crippen LogP contribution >= 0.6 is 0 Å². The predicted molar refractivity (Wildman–Crippen MR) is 103 cm³/mol. The van der Waals surface area contributed by atoms with E-state index in [1.54, 1.807) is 36.7 Å². The van der Waals surface area contributed by atoms with Gasteiger partial charge in [-0.05, 0) is 23.8 Å². The quantitative estimate of drug-likeness (QED) is 0.533. The van der Waals surface area contributed by atoms with Crippen molar-refractivity contribution in [2.45, 2.75) is 0 Å². The van der Waals surface area contributed by atoms with Gasteiger partial charge in [0.05, 0.1) is 11.8 Å². The zero-order valence-corrected chi connectivity index (χ0v) is 14.2. The third kappa shape index (κ3) is 3.69. The minimum Gasteiger partial charge on any atom is -0.507 e. The number of hydrogen-bond acceptors (Lipinski definition) is 5. The third-order valence-corrected chi connectivity index (χ3v) is 3.91. The number of carbonyl (C=O) groups is 1. The van der Waals surface area contributed by atoms with E-state index in [4.69, 9.17) is 4.42 Å². The highest BCUT2D eigenvalue weighted by molar-refractivity contribution is 6.02. The summed E-state index contributed by atoms with van der Waals surface area (Å²) in [6.45, 7) is 0. The van der Waals surface area contributed by atoms with Crippen LogP contribution in [0.5, 0.6) is 5.75 Å². The van der Waals surface area contributed by atoms with Gasteiger partial charge in [-0.25, -0.2) is 4.98 Å². The minimum atomic E-state index is -0.293. The Morgan fingerprint density at radius 3 is 2.74 bits per heavy atom. The summed E-state index contributed by atoms with van der Waals surface area (Å²) in [6, 6.07) is 16.0. The van der Waals surface area contributed by atoms with Gasteiger partial charge in [0.1, 0.15) is 11.3 Å². The Morgan fingerprint density at radius 1 is 1.11 bits per heavy atom. The molecule has 4 rings (SSSR count). The summed E-state index contributed by atoms with van der Waals surface area (Å²) < 4.78 is 5.63. The van der Waals surface area contributed by atoms with Gasteiger partial charge < -0.3 is 14.8 Å². The molecule has 2 heterocycles. The first-order chi connectivity index (χ1) is 13.2.